The van der Waals surface area contributed by atoms with Crippen molar-refractivity contribution < 1.29 is 186 Å². The number of hydrogen-bond donors (Lipinski definition) is 30. The first-order valence-corrected chi connectivity index (χ1v) is 48.2. The van der Waals surface area contributed by atoms with Crippen LogP contribution in [-0.2, 0) is 126 Å². The number of carbonyl (C=O) groups is 17. The zero-order valence-electron chi connectivity index (χ0n) is 82.7. The Morgan fingerprint density at radius 1 is 0.483 bits per heavy atom. The molecule has 22 unspecified atom stereocenters. The van der Waals surface area contributed by atoms with E-state index in [0.29, 0.717) is 18.5 Å². The van der Waals surface area contributed by atoms with Gasteiger partial charge in [0.25, 0.3) is 0 Å². The summed E-state index contributed by atoms with van der Waals surface area (Å²) in [5.74, 6) is -19.6. The number of rotatable bonds is 50. The van der Waals surface area contributed by atoms with Crippen molar-refractivity contribution in [3.8, 4) is 0 Å². The fourth-order valence-electron chi connectivity index (χ4n) is 18.0. The molecule has 1 aromatic heterocycles. The van der Waals surface area contributed by atoms with Gasteiger partial charge in [0.15, 0.2) is 31.1 Å². The van der Waals surface area contributed by atoms with Gasteiger partial charge in [0.05, 0.1) is 70.6 Å². The number of H-pyrrole nitrogens is 1. The Kier molecular flexibility index (Phi) is 46.3. The van der Waals surface area contributed by atoms with Gasteiger partial charge in [-0.2, -0.15) is 0 Å². The van der Waals surface area contributed by atoms with Crippen LogP contribution in [0, 0.1) is 5.92 Å². The lowest BCUT2D eigenvalue weighted by atomic mass is 9.94. The molecule has 0 radical (unpaired) electrons. The molecule has 7 aliphatic heterocycles. The third-order valence-electron chi connectivity index (χ3n) is 25.7. The molecule has 7 saturated heterocycles. The van der Waals surface area contributed by atoms with Gasteiger partial charge in [-0.25, -0.2) is 4.98 Å². The van der Waals surface area contributed by atoms with Crippen molar-refractivity contribution in [1.82, 2.24) is 93.8 Å². The number of aromatic amines is 1. The summed E-state index contributed by atoms with van der Waals surface area (Å²) in [4.78, 5) is 254. The number of carbonyl (C=O) groups excluding carboxylic acids is 16. The first-order valence-electron chi connectivity index (χ1n) is 48.2. The van der Waals surface area contributed by atoms with Crippen molar-refractivity contribution >= 4 is 106 Å². The number of ether oxygens (including phenoxy) is 8. The van der Waals surface area contributed by atoms with E-state index in [9.17, 15) is 129 Å². The number of hydrogen-bond acceptors (Lipinski definition) is 40. The summed E-state index contributed by atoms with van der Waals surface area (Å²) in [7, 11) is 0. The average Bonchev–Trinajstić information content (AvgIpc) is 1.10. The lowest BCUT2D eigenvalue weighted by molar-refractivity contribution is -0.347. The second-order valence-electron chi connectivity index (χ2n) is 37.1. The van der Waals surface area contributed by atoms with Crippen LogP contribution < -0.4 is 86.3 Å². The minimum atomic E-state index is -2.31. The highest BCUT2D eigenvalue weighted by atomic mass is 16.7. The Bertz CT molecular complexity index is 4690. The molecule has 828 valence electrons. The predicted octanol–water partition coefficient (Wildman–Crippen LogP) is -16.9. The van der Waals surface area contributed by atoms with Gasteiger partial charge in [-0.05, 0) is 91.9 Å². The number of likely N-dealkylation sites (tertiary alicyclic amines) is 3. The molecule has 8 heterocycles. The van der Waals surface area contributed by atoms with E-state index in [1.54, 1.807) is 6.92 Å². The van der Waals surface area contributed by atoms with Gasteiger partial charge in [-0.1, -0.05) is 13.8 Å². The summed E-state index contributed by atoms with van der Waals surface area (Å²) in [6, 6.07) is -25.8. The van der Waals surface area contributed by atoms with Crippen LogP contribution in [0.2, 0.25) is 0 Å². The van der Waals surface area contributed by atoms with Gasteiger partial charge in [0, 0.05) is 71.8 Å². The third kappa shape index (κ3) is 32.3. The lowest BCUT2D eigenvalue weighted by Crippen LogP contribution is -2.70. The third-order valence-corrected chi connectivity index (χ3v) is 25.7. The zero-order valence-corrected chi connectivity index (χ0v) is 82.7. The Hall–Kier alpha value is -11.4. The fourth-order valence-corrected chi connectivity index (χ4v) is 18.0. The molecule has 16 amide bonds. The zero-order chi connectivity index (χ0) is 109. The number of aromatic nitrogens is 2. The van der Waals surface area contributed by atoms with Gasteiger partial charge >= 0.3 is 5.97 Å². The molecule has 7 aliphatic rings. The number of aliphatic hydroxyl groups is 12. The number of nitrogens with two attached hydrogens (primary N) is 3. The first-order chi connectivity index (χ1) is 69.4. The summed E-state index contributed by atoms with van der Waals surface area (Å²) < 4.78 is 48.0. The number of aliphatic hydroxyl groups excluding tert-OH is 12. The molecule has 0 aliphatic carbocycles. The maximum atomic E-state index is 15.6. The van der Waals surface area contributed by atoms with Crippen molar-refractivity contribution in [2.24, 2.45) is 28.1 Å². The summed E-state index contributed by atoms with van der Waals surface area (Å²) in [5, 5.41) is 173. The van der Waals surface area contributed by atoms with Crippen molar-refractivity contribution in [1.29, 1.82) is 0 Å². The normalized spacial score (nSPS) is 29.3. The van der Waals surface area contributed by atoms with Crippen LogP contribution in [0.1, 0.15) is 133 Å². The van der Waals surface area contributed by atoms with Crippen LogP contribution in [0.15, 0.2) is 17.5 Å². The molecule has 0 saturated carbocycles. The lowest BCUT2D eigenvalue weighted by Gasteiger charge is -2.48. The minimum Gasteiger partial charge on any atom is -0.481 e. The topological polar surface area (TPSA) is 912 Å². The van der Waals surface area contributed by atoms with E-state index >= 15 is 19.2 Å². The van der Waals surface area contributed by atoms with Crippen LogP contribution in [0.3, 0.4) is 0 Å². The van der Waals surface area contributed by atoms with Crippen LogP contribution >= 0.6 is 0 Å². The number of imidazole rings is 1. The Labute approximate surface area is 842 Å². The molecule has 1 aromatic rings. The van der Waals surface area contributed by atoms with E-state index in [0.717, 1.165) is 51.3 Å². The molecule has 8 rings (SSSR count). The molecule has 0 aromatic carbocycles. The van der Waals surface area contributed by atoms with Gasteiger partial charge < -0.3 is 210 Å². The molecule has 0 spiro atoms. The number of likely N-dealkylation sites (N-methyl/N-ethyl adjacent to an activating group) is 1. The SMILES string of the molecule is CCNC(=O)C1CCCN1C(=O)C(C)NC(=O)C1CCCN1C(=O)C(CCCN=C(N)N)NC(=O)C(NC(=O)C(CC(=O)O)NC(=O)C1CCCN1C(=O)C(C)NC(=O)C(CO)NC(=O)C(NC(=O)C(NC(=O)CNC(=O)C(N)Cc1cnc[nH]1)C(C)C)C(C)O[C@H]1O[C@@H](CO)[C@H](O)C(O[C@@H]2O[C@@H](CO)[C@@H](O)C(O)C2NC(C)=O)C1NC(C)=O)C(C)O[C@H]1O[C@@H](CO)[C@H](O)C(O[C@@H]2O[C@@H](CO)[C@H](O)C(O)C2O)C1NC(C)=O. The number of aliphatic carboxylic acids is 1. The van der Waals surface area contributed by atoms with Crippen LogP contribution in [0.25, 0.3) is 0 Å². The van der Waals surface area contributed by atoms with Crippen molar-refractivity contribution in [3.05, 3.63) is 18.2 Å². The largest absolute Gasteiger partial charge is 0.481 e. The van der Waals surface area contributed by atoms with Gasteiger partial charge in [-0.15, -0.1) is 0 Å². The number of carboxylic acids is 1. The van der Waals surface area contributed by atoms with E-state index in [2.05, 4.69) is 84.1 Å². The number of amides is 16. The summed E-state index contributed by atoms with van der Waals surface area (Å²) in [6.45, 7) is 5.80. The Morgan fingerprint density at radius 3 is 1.39 bits per heavy atom. The summed E-state index contributed by atoms with van der Waals surface area (Å²) in [6.07, 6.45) is -35.2. The molecule has 0 bridgehead atoms. The van der Waals surface area contributed by atoms with Crippen LogP contribution in [-0.4, -0.2) is 477 Å². The highest BCUT2D eigenvalue weighted by Gasteiger charge is 2.57. The van der Waals surface area contributed by atoms with Crippen LogP contribution in [0.5, 0.6) is 0 Å². The molecule has 34 atom stereocenters. The van der Waals surface area contributed by atoms with E-state index in [4.69, 9.17) is 55.1 Å². The monoisotopic (exact) mass is 2100 g/mol. The molecular formula is C87H142N22O38. The first kappa shape index (κ1) is 121. The molecule has 60 nitrogen and oxygen atoms in total. The van der Waals surface area contributed by atoms with Crippen molar-refractivity contribution in [2.45, 2.75) is 341 Å². The Balaban J connectivity index is 1.07. The predicted molar refractivity (Wildman–Crippen MR) is 496 cm³/mol. The summed E-state index contributed by atoms with van der Waals surface area (Å²) >= 11 is 0. The molecule has 60 heteroatoms. The fraction of sp³-hybridized carbons (Fsp3) is 0.759. The molecule has 7 fully saturated rings. The van der Waals surface area contributed by atoms with Crippen molar-refractivity contribution in [3.63, 3.8) is 0 Å². The average molecular weight is 2100 g/mol. The molecular weight excluding hydrogens is 1960 g/mol. The van der Waals surface area contributed by atoms with E-state index < -0.39 is 366 Å². The maximum absolute atomic E-state index is 15.6. The maximum Gasteiger partial charge on any atom is 0.305 e. The number of nitrogens with one attached hydrogen (secondary N) is 14. The second-order valence-corrected chi connectivity index (χ2v) is 37.1. The second kappa shape index (κ2) is 56.3. The highest BCUT2D eigenvalue weighted by Crippen LogP contribution is 2.35. The van der Waals surface area contributed by atoms with Gasteiger partial charge in [0.1, 0.15) is 164 Å². The van der Waals surface area contributed by atoms with E-state index in [1.807, 2.05) is 0 Å². The Morgan fingerprint density at radius 2 is 0.918 bits per heavy atom. The minimum absolute atomic E-state index is 0.00199. The molecule has 33 N–H and O–H groups in total. The number of guanidine groups is 1. The van der Waals surface area contributed by atoms with Crippen molar-refractivity contribution in [2.75, 3.05) is 72.3 Å². The quantitative estimate of drug-likeness (QED) is 0.0164. The van der Waals surface area contributed by atoms with Crippen LogP contribution in [0.4, 0.5) is 0 Å². The smallest absolute Gasteiger partial charge is 0.305 e. The molecule has 147 heavy (non-hydrogen) atoms. The van der Waals surface area contributed by atoms with E-state index in [-0.39, 0.29) is 77.7 Å². The van der Waals surface area contributed by atoms with Gasteiger partial charge in [-0.3, -0.25) is 86.5 Å². The summed E-state index contributed by atoms with van der Waals surface area (Å²) in [5.41, 5.74) is 17.8. The van der Waals surface area contributed by atoms with E-state index in [1.165, 1.54) is 38.2 Å². The number of carboxylic acid groups (broad SMARTS) is 1. The number of aliphatic imine (C=N–C) groups is 1. The standard InChI is InChI=1S/C87H142N22O38/c1-11-92-74(131)47-17-13-21-107(47)81(138)36(5)97-75(132)48-18-15-23-109(48)82(139)44(16-12-20-93-87(89)90)101-78(135)57(37(6)140-85-61(100-41(10)117)70(65(124)53(32-114)144-85)147-86-68(127)67(126)63(122)51(30-112)145-86)105-72(129)45(25-55(119)120)102-76(133)49-19-14-22-108(49)80(137)35(4)96-73(130)46(28-110)103-79(136)58(106-77(134)56(34(2)3)104-54(118)27-94-71(128)43(88)24-42-26-91-33-95-42)38(7)141-84-60(99-40(9)116)69(64(123)52(31-113)143-84)146-83-59(98-39(8)115)66(125)62(121)50(29-111)142-83/h26,33-38,43-53,56-70,83-86,110-114,121-127H,11-25,27-32,88H2,1-10H3,(H,91,95)(H,92,131)(H,94,128)(H,96,130)(H,97,132)(H,98,115)(H,99,116)(H,100,117)(H,101,135)(H,102,133)(H,103,136)(H,104,118)(H,105,129)(H,106,134)(H,119,120)(H4,89,90,93)/t35?,36?,37?,38?,43?,44?,45?,46?,47?,48?,49?,50-,51-,52-,53-,56?,57?,58?,59?,60?,61?,62+,63-,64-,65-,66?,67?,68?,69?,70?,83-,84-,85-,86-/m0/s1. The van der Waals surface area contributed by atoms with Gasteiger partial charge in [0.2, 0.25) is 94.5 Å². The number of nitrogens with zero attached hydrogens (tertiary/aromatic N) is 5. The highest BCUT2D eigenvalue weighted by molar-refractivity contribution is 6.01.